The summed E-state index contributed by atoms with van der Waals surface area (Å²) in [4.78, 5) is 24.5. The Morgan fingerprint density at radius 2 is 1.68 bits per heavy atom. The maximum Gasteiger partial charge on any atom is 0.305 e. The molecule has 0 saturated carbocycles. The Morgan fingerprint density at radius 1 is 1.05 bits per heavy atom. The average molecular weight is 530 g/mol. The Hall–Kier alpha value is -3.26. The number of alkyl halides is 2. The standard InChI is InChI=1S/C29H33F2NO4S/c1-17(2)14-23(24-10-11-25(37-24)28(35)32-13-12-26(33)34)36-22-15-18(3)27(19(4)16-22)20-6-8-21(9-7-20)29(5,30)31/h6-11,15-17,23H,12-14H2,1-5H3,(H,32,35)(H,33,34). The second-order valence-electron chi connectivity index (χ2n) is 9.74. The first-order chi connectivity index (χ1) is 17.3. The predicted molar refractivity (Wildman–Crippen MR) is 143 cm³/mol. The number of ether oxygens (including phenoxy) is 1. The van der Waals surface area contributed by atoms with E-state index in [1.165, 1.54) is 23.5 Å². The molecule has 0 aliphatic heterocycles. The Balaban J connectivity index is 1.81. The average Bonchev–Trinajstić information content (AvgIpc) is 3.28. The summed E-state index contributed by atoms with van der Waals surface area (Å²) in [6.45, 7) is 9.11. The van der Waals surface area contributed by atoms with Crippen LogP contribution >= 0.6 is 11.3 Å². The van der Waals surface area contributed by atoms with Crippen molar-refractivity contribution < 1.29 is 28.2 Å². The van der Waals surface area contributed by atoms with Crippen LogP contribution in [0.2, 0.25) is 0 Å². The minimum atomic E-state index is -2.88. The third kappa shape index (κ3) is 7.61. The number of carbonyl (C=O) groups excluding carboxylic acids is 1. The van der Waals surface area contributed by atoms with Gasteiger partial charge in [0.15, 0.2) is 0 Å². The lowest BCUT2D eigenvalue weighted by Crippen LogP contribution is -2.25. The van der Waals surface area contributed by atoms with E-state index in [9.17, 15) is 18.4 Å². The van der Waals surface area contributed by atoms with Crippen LogP contribution in [0.5, 0.6) is 5.75 Å². The minimum absolute atomic E-state index is 0.0195. The van der Waals surface area contributed by atoms with Crippen molar-refractivity contribution in [3.05, 3.63) is 75.0 Å². The summed E-state index contributed by atoms with van der Waals surface area (Å²) in [5, 5.41) is 11.4. The van der Waals surface area contributed by atoms with Crippen LogP contribution in [0, 0.1) is 19.8 Å². The number of hydrogen-bond acceptors (Lipinski definition) is 4. The zero-order valence-corrected chi connectivity index (χ0v) is 22.5. The molecule has 2 N–H and O–H groups in total. The van der Waals surface area contributed by atoms with Gasteiger partial charge in [0.05, 0.1) is 11.3 Å². The molecule has 0 radical (unpaired) electrons. The lowest BCUT2D eigenvalue weighted by Gasteiger charge is -2.22. The fourth-order valence-electron chi connectivity index (χ4n) is 4.21. The van der Waals surface area contributed by atoms with E-state index in [1.54, 1.807) is 18.2 Å². The van der Waals surface area contributed by atoms with E-state index in [-0.39, 0.29) is 30.5 Å². The number of thiophene rings is 1. The lowest BCUT2D eigenvalue weighted by atomic mass is 9.94. The van der Waals surface area contributed by atoms with E-state index in [0.29, 0.717) is 16.5 Å². The van der Waals surface area contributed by atoms with Crippen molar-refractivity contribution >= 4 is 23.2 Å². The maximum absolute atomic E-state index is 13.6. The Morgan fingerprint density at radius 3 is 2.22 bits per heavy atom. The molecule has 5 nitrogen and oxygen atoms in total. The number of amides is 1. The number of nitrogens with one attached hydrogen (secondary N) is 1. The van der Waals surface area contributed by atoms with E-state index < -0.39 is 11.9 Å². The van der Waals surface area contributed by atoms with Crippen LogP contribution in [0.3, 0.4) is 0 Å². The first-order valence-electron chi connectivity index (χ1n) is 12.2. The first kappa shape index (κ1) is 28.3. The van der Waals surface area contributed by atoms with Gasteiger partial charge in [-0.1, -0.05) is 38.1 Å². The van der Waals surface area contributed by atoms with Crippen molar-refractivity contribution in [2.45, 2.75) is 59.5 Å². The van der Waals surface area contributed by atoms with Crippen molar-refractivity contribution in [2.24, 2.45) is 5.92 Å². The summed E-state index contributed by atoms with van der Waals surface area (Å²) in [7, 11) is 0. The molecule has 1 heterocycles. The van der Waals surface area contributed by atoms with Crippen LogP contribution in [0.15, 0.2) is 48.5 Å². The number of hydrogen-bond donors (Lipinski definition) is 2. The molecule has 0 bridgehead atoms. The largest absolute Gasteiger partial charge is 0.485 e. The fourth-order valence-corrected chi connectivity index (χ4v) is 5.18. The van der Waals surface area contributed by atoms with Gasteiger partial charge in [-0.05, 0) is 72.7 Å². The summed E-state index contributed by atoms with van der Waals surface area (Å²) >= 11 is 1.34. The monoisotopic (exact) mass is 529 g/mol. The van der Waals surface area contributed by atoms with Crippen LogP contribution < -0.4 is 10.1 Å². The highest BCUT2D eigenvalue weighted by molar-refractivity contribution is 7.14. The van der Waals surface area contributed by atoms with Gasteiger partial charge in [0, 0.05) is 23.9 Å². The second-order valence-corrected chi connectivity index (χ2v) is 10.9. The van der Waals surface area contributed by atoms with Crippen molar-refractivity contribution in [3.8, 4) is 16.9 Å². The van der Waals surface area contributed by atoms with Crippen LogP contribution in [0.1, 0.15) is 71.0 Å². The van der Waals surface area contributed by atoms with Crippen LogP contribution in [-0.4, -0.2) is 23.5 Å². The van der Waals surface area contributed by atoms with E-state index in [2.05, 4.69) is 19.2 Å². The quantitative estimate of drug-likeness (QED) is 0.269. The summed E-state index contributed by atoms with van der Waals surface area (Å²) in [6.07, 6.45) is 0.349. The van der Waals surface area contributed by atoms with Gasteiger partial charge in [-0.15, -0.1) is 11.3 Å². The van der Waals surface area contributed by atoms with Gasteiger partial charge in [0.25, 0.3) is 11.8 Å². The molecule has 1 unspecified atom stereocenters. The van der Waals surface area contributed by atoms with E-state index in [0.717, 1.165) is 40.5 Å². The zero-order valence-electron chi connectivity index (χ0n) is 21.7. The maximum atomic E-state index is 13.6. The molecule has 198 valence electrons. The number of carbonyl (C=O) groups is 2. The minimum Gasteiger partial charge on any atom is -0.485 e. The van der Waals surface area contributed by atoms with E-state index >= 15 is 0 Å². The summed E-state index contributed by atoms with van der Waals surface area (Å²) in [5.74, 6) is -3.11. The van der Waals surface area contributed by atoms with Crippen LogP contribution in [-0.2, 0) is 10.7 Å². The molecule has 1 amide bonds. The van der Waals surface area contributed by atoms with Crippen molar-refractivity contribution in [1.82, 2.24) is 5.32 Å². The third-order valence-electron chi connectivity index (χ3n) is 5.94. The molecule has 0 saturated heterocycles. The number of carboxylic acid groups (broad SMARTS) is 1. The van der Waals surface area contributed by atoms with Gasteiger partial charge in [-0.2, -0.15) is 0 Å². The molecule has 2 aromatic carbocycles. The van der Waals surface area contributed by atoms with Crippen molar-refractivity contribution in [2.75, 3.05) is 6.54 Å². The highest BCUT2D eigenvalue weighted by Gasteiger charge is 2.24. The number of carboxylic acids is 1. The Bertz CT molecular complexity index is 1220. The number of halogens is 2. The van der Waals surface area contributed by atoms with Gasteiger partial charge in [-0.25, -0.2) is 8.78 Å². The normalized spacial score (nSPS) is 12.4. The molecule has 0 spiro atoms. The first-order valence-corrected chi connectivity index (χ1v) is 13.0. The summed E-state index contributed by atoms with van der Waals surface area (Å²) in [5.41, 5.74) is 3.77. The summed E-state index contributed by atoms with van der Waals surface area (Å²) < 4.78 is 33.7. The molecule has 8 heteroatoms. The van der Waals surface area contributed by atoms with Crippen molar-refractivity contribution in [1.29, 1.82) is 0 Å². The van der Waals surface area contributed by atoms with Crippen LogP contribution in [0.25, 0.3) is 11.1 Å². The van der Waals surface area contributed by atoms with E-state index in [1.807, 2.05) is 32.0 Å². The van der Waals surface area contributed by atoms with Gasteiger partial charge in [-0.3, -0.25) is 9.59 Å². The van der Waals surface area contributed by atoms with Gasteiger partial charge in [0.1, 0.15) is 11.9 Å². The molecule has 3 rings (SSSR count). The predicted octanol–water partition coefficient (Wildman–Crippen LogP) is 7.51. The smallest absolute Gasteiger partial charge is 0.305 e. The third-order valence-corrected chi connectivity index (χ3v) is 7.12. The molecule has 0 aliphatic carbocycles. The SMILES string of the molecule is Cc1cc(OC(CC(C)C)c2ccc(C(=O)NCCC(=O)O)s2)cc(C)c1-c1ccc(C(C)(F)F)cc1. The van der Waals surface area contributed by atoms with E-state index in [4.69, 9.17) is 9.84 Å². The van der Waals surface area contributed by atoms with Crippen molar-refractivity contribution in [3.63, 3.8) is 0 Å². The molecule has 3 aromatic rings. The molecule has 1 atom stereocenters. The van der Waals surface area contributed by atoms with Gasteiger partial charge in [0.2, 0.25) is 0 Å². The highest BCUT2D eigenvalue weighted by Crippen LogP contribution is 2.37. The Labute approximate surface area is 220 Å². The zero-order chi connectivity index (χ0) is 27.3. The number of aryl methyl sites for hydroxylation is 2. The second kappa shape index (κ2) is 11.9. The Kier molecular flexibility index (Phi) is 9.07. The molecule has 37 heavy (non-hydrogen) atoms. The molecule has 0 fully saturated rings. The summed E-state index contributed by atoms with van der Waals surface area (Å²) in [6, 6.07) is 13.9. The fraction of sp³-hybridized carbons (Fsp3) is 0.379. The van der Waals surface area contributed by atoms with Gasteiger partial charge >= 0.3 is 5.97 Å². The molecular weight excluding hydrogens is 496 g/mol. The van der Waals surface area contributed by atoms with Gasteiger partial charge < -0.3 is 15.2 Å². The lowest BCUT2D eigenvalue weighted by molar-refractivity contribution is -0.136. The highest BCUT2D eigenvalue weighted by atomic mass is 32.1. The molecular formula is C29H33F2NO4S. The number of aliphatic carboxylic acids is 1. The number of rotatable bonds is 11. The number of benzene rings is 2. The molecule has 0 aliphatic rings. The topological polar surface area (TPSA) is 75.6 Å². The molecule has 1 aromatic heterocycles. The van der Waals surface area contributed by atoms with Crippen LogP contribution in [0.4, 0.5) is 8.78 Å².